The Morgan fingerprint density at radius 2 is 1.54 bits per heavy atom. The van der Waals surface area contributed by atoms with E-state index >= 15 is 0 Å². The molecule has 3 aromatic carbocycles. The predicted octanol–water partition coefficient (Wildman–Crippen LogP) is 3.82. The van der Waals surface area contributed by atoms with Crippen molar-refractivity contribution >= 4 is 11.8 Å². The Kier molecular flexibility index (Phi) is 8.48. The van der Waals surface area contributed by atoms with Crippen LogP contribution in [0.25, 0.3) is 0 Å². The van der Waals surface area contributed by atoms with Crippen LogP contribution >= 0.6 is 0 Å². The van der Waals surface area contributed by atoms with Crippen LogP contribution in [0.5, 0.6) is 11.5 Å². The molecular formula is C28H30N2O5. The lowest BCUT2D eigenvalue weighted by Gasteiger charge is -2.36. The summed E-state index contributed by atoms with van der Waals surface area (Å²) < 4.78 is 11.7. The van der Waals surface area contributed by atoms with Gasteiger partial charge in [0.15, 0.2) is 0 Å². The highest BCUT2D eigenvalue weighted by Crippen LogP contribution is 2.23. The van der Waals surface area contributed by atoms with Crippen molar-refractivity contribution in [2.24, 2.45) is 0 Å². The third-order valence-corrected chi connectivity index (χ3v) is 5.95. The monoisotopic (exact) mass is 474 g/mol. The quantitative estimate of drug-likeness (QED) is 0.438. The number of hydrogen-bond acceptors (Lipinski definition) is 5. The zero-order valence-electron chi connectivity index (χ0n) is 19.4. The largest absolute Gasteiger partial charge is 0.457 e. The summed E-state index contributed by atoms with van der Waals surface area (Å²) >= 11 is 0. The molecule has 0 aromatic heterocycles. The van der Waals surface area contributed by atoms with Gasteiger partial charge in [-0.15, -0.1) is 0 Å². The van der Waals surface area contributed by atoms with Crippen LogP contribution in [0.15, 0.2) is 84.9 Å². The molecule has 0 bridgehead atoms. The van der Waals surface area contributed by atoms with Gasteiger partial charge in [0.25, 0.3) is 5.91 Å². The third kappa shape index (κ3) is 7.15. The molecule has 35 heavy (non-hydrogen) atoms. The van der Waals surface area contributed by atoms with Crippen molar-refractivity contribution in [1.29, 1.82) is 0 Å². The van der Waals surface area contributed by atoms with Crippen LogP contribution in [0.4, 0.5) is 0 Å². The van der Waals surface area contributed by atoms with Gasteiger partial charge >= 0.3 is 0 Å². The molecule has 0 radical (unpaired) electrons. The zero-order valence-corrected chi connectivity index (χ0v) is 19.4. The van der Waals surface area contributed by atoms with Crippen molar-refractivity contribution in [3.63, 3.8) is 0 Å². The molecule has 3 atom stereocenters. The summed E-state index contributed by atoms with van der Waals surface area (Å²) in [4.78, 5) is 24.9. The molecule has 1 heterocycles. The summed E-state index contributed by atoms with van der Waals surface area (Å²) in [6, 6.07) is 25.7. The molecule has 4 rings (SSSR count). The van der Waals surface area contributed by atoms with E-state index in [0.29, 0.717) is 24.9 Å². The summed E-state index contributed by atoms with van der Waals surface area (Å²) in [7, 11) is 0. The number of ether oxygens (including phenoxy) is 2. The molecule has 0 spiro atoms. The molecule has 3 aromatic rings. The topological polar surface area (TPSA) is 96.9 Å². The molecule has 0 aliphatic carbocycles. The molecule has 1 saturated heterocycles. The summed E-state index contributed by atoms with van der Waals surface area (Å²) in [5, 5.41) is 15.6. The molecular weight excluding hydrogens is 444 g/mol. The Morgan fingerprint density at radius 3 is 2.23 bits per heavy atom. The van der Waals surface area contributed by atoms with Gasteiger partial charge in [-0.2, -0.15) is 0 Å². The van der Waals surface area contributed by atoms with Crippen molar-refractivity contribution in [2.45, 2.75) is 44.1 Å². The van der Waals surface area contributed by atoms with E-state index in [1.54, 1.807) is 24.3 Å². The number of nitrogens with one attached hydrogen (secondary N) is 2. The average Bonchev–Trinajstić information content (AvgIpc) is 2.90. The van der Waals surface area contributed by atoms with E-state index in [0.717, 1.165) is 17.1 Å². The second-order valence-electron chi connectivity index (χ2n) is 8.54. The van der Waals surface area contributed by atoms with Crippen LogP contribution in [0.1, 0.15) is 35.2 Å². The van der Waals surface area contributed by atoms with Crippen LogP contribution in [0, 0.1) is 0 Å². The Morgan fingerprint density at radius 1 is 0.886 bits per heavy atom. The van der Waals surface area contributed by atoms with E-state index in [4.69, 9.17) is 9.47 Å². The highest BCUT2D eigenvalue weighted by molar-refractivity contribution is 5.94. The molecule has 0 unspecified atom stereocenters. The standard InChI is InChI=1S/C28H30N2O5/c31-19-26-25(30-28(33)21-7-3-1-4-8-21)16-15-24(35-26)17-27(32)29-18-20-11-13-23(14-12-20)34-22-9-5-2-6-10-22/h1-14,24-26,31H,15-19H2,(H,29,32)(H,30,33)/t24-,25-,26-/m0/s1. The van der Waals surface area contributed by atoms with Gasteiger partial charge in [-0.1, -0.05) is 48.5 Å². The van der Waals surface area contributed by atoms with Gasteiger partial charge in [-0.3, -0.25) is 9.59 Å². The van der Waals surface area contributed by atoms with Crippen LogP contribution in [0.2, 0.25) is 0 Å². The van der Waals surface area contributed by atoms with Gasteiger partial charge < -0.3 is 25.2 Å². The van der Waals surface area contributed by atoms with E-state index in [2.05, 4.69) is 10.6 Å². The predicted molar refractivity (Wildman–Crippen MR) is 132 cm³/mol. The van der Waals surface area contributed by atoms with Gasteiger partial charge in [-0.25, -0.2) is 0 Å². The number of carbonyl (C=O) groups is 2. The molecule has 3 N–H and O–H groups in total. The Hall–Kier alpha value is -3.68. The summed E-state index contributed by atoms with van der Waals surface area (Å²) in [5.74, 6) is 1.17. The molecule has 0 saturated carbocycles. The van der Waals surface area contributed by atoms with Crippen molar-refractivity contribution in [1.82, 2.24) is 10.6 Å². The van der Waals surface area contributed by atoms with Gasteiger partial charge in [0.2, 0.25) is 5.91 Å². The lowest BCUT2D eigenvalue weighted by atomic mass is 9.96. The number of benzene rings is 3. The number of hydrogen-bond donors (Lipinski definition) is 3. The minimum Gasteiger partial charge on any atom is -0.457 e. The fourth-order valence-electron chi connectivity index (χ4n) is 4.07. The minimum atomic E-state index is -0.550. The first-order valence-corrected chi connectivity index (χ1v) is 11.8. The van der Waals surface area contributed by atoms with E-state index < -0.39 is 6.10 Å². The SMILES string of the molecule is O=C(C[C@@H]1CC[C@H](NC(=O)c2ccccc2)[C@H](CO)O1)NCc1ccc(Oc2ccccc2)cc1. The fraction of sp³-hybridized carbons (Fsp3) is 0.286. The molecule has 1 fully saturated rings. The van der Waals surface area contributed by atoms with E-state index in [1.807, 2.05) is 60.7 Å². The first kappa shape index (κ1) is 24.4. The van der Waals surface area contributed by atoms with Crippen LogP contribution < -0.4 is 15.4 Å². The average molecular weight is 475 g/mol. The van der Waals surface area contributed by atoms with Gasteiger partial charge in [0, 0.05) is 12.1 Å². The Bertz CT molecular complexity index is 1090. The van der Waals surface area contributed by atoms with Crippen LogP contribution in [0.3, 0.4) is 0 Å². The summed E-state index contributed by atoms with van der Waals surface area (Å²) in [6.45, 7) is 0.172. The van der Waals surface area contributed by atoms with E-state index in [-0.39, 0.29) is 37.0 Å². The number of para-hydroxylation sites is 1. The number of rotatable bonds is 9. The first-order valence-electron chi connectivity index (χ1n) is 11.8. The molecule has 7 nitrogen and oxygen atoms in total. The summed E-state index contributed by atoms with van der Waals surface area (Å²) in [5.41, 5.74) is 1.52. The molecule has 182 valence electrons. The minimum absolute atomic E-state index is 0.122. The van der Waals surface area contributed by atoms with E-state index in [1.165, 1.54) is 0 Å². The number of aliphatic hydroxyl groups is 1. The smallest absolute Gasteiger partial charge is 0.251 e. The highest BCUT2D eigenvalue weighted by Gasteiger charge is 2.33. The maximum atomic E-state index is 12.5. The van der Waals surface area contributed by atoms with E-state index in [9.17, 15) is 14.7 Å². The second-order valence-corrected chi connectivity index (χ2v) is 8.54. The number of amides is 2. The fourth-order valence-corrected chi connectivity index (χ4v) is 4.07. The van der Waals surface area contributed by atoms with Gasteiger partial charge in [0.05, 0.1) is 25.2 Å². The maximum Gasteiger partial charge on any atom is 0.251 e. The second kappa shape index (κ2) is 12.1. The molecule has 1 aliphatic rings. The Balaban J connectivity index is 1.21. The summed E-state index contributed by atoms with van der Waals surface area (Å²) in [6.07, 6.45) is 0.593. The maximum absolute atomic E-state index is 12.5. The van der Waals surface area contributed by atoms with Crippen molar-refractivity contribution in [3.8, 4) is 11.5 Å². The molecule has 2 amide bonds. The Labute approximate surface area is 205 Å². The van der Waals surface area contributed by atoms with Gasteiger partial charge in [-0.05, 0) is 54.8 Å². The zero-order chi connectivity index (χ0) is 24.5. The molecule has 7 heteroatoms. The molecule has 1 aliphatic heterocycles. The normalized spacial score (nSPS) is 19.5. The van der Waals surface area contributed by atoms with Gasteiger partial charge in [0.1, 0.15) is 17.6 Å². The van der Waals surface area contributed by atoms with Crippen LogP contribution in [-0.2, 0) is 16.1 Å². The van der Waals surface area contributed by atoms with Crippen LogP contribution in [-0.4, -0.2) is 41.8 Å². The first-order chi connectivity index (χ1) is 17.1. The third-order valence-electron chi connectivity index (χ3n) is 5.95. The van der Waals surface area contributed by atoms with Crippen molar-refractivity contribution in [2.75, 3.05) is 6.61 Å². The number of aliphatic hydroxyl groups excluding tert-OH is 1. The van der Waals surface area contributed by atoms with Crippen molar-refractivity contribution < 1.29 is 24.2 Å². The lowest BCUT2D eigenvalue weighted by Crippen LogP contribution is -2.51. The number of carbonyl (C=O) groups excluding carboxylic acids is 2. The lowest BCUT2D eigenvalue weighted by molar-refractivity contribution is -0.131. The van der Waals surface area contributed by atoms with Crippen molar-refractivity contribution in [3.05, 3.63) is 96.1 Å². The highest BCUT2D eigenvalue weighted by atomic mass is 16.5.